The van der Waals surface area contributed by atoms with Gasteiger partial charge in [-0.05, 0) is 0 Å². The van der Waals surface area contributed by atoms with Crippen LogP contribution in [0.2, 0.25) is 0 Å². The number of imide groups is 2. The van der Waals surface area contributed by atoms with Crippen molar-refractivity contribution in [3.05, 3.63) is 0 Å². The number of aliphatic carboxylic acids is 2. The van der Waals surface area contributed by atoms with Crippen LogP contribution in [0.1, 0.15) is 32.1 Å². The van der Waals surface area contributed by atoms with Crippen LogP contribution in [0.3, 0.4) is 0 Å². The second-order valence-electron chi connectivity index (χ2n) is 6.58. The van der Waals surface area contributed by atoms with E-state index in [1.807, 2.05) is 0 Å². The molecule has 16 heteroatoms. The number of carbonyl (C=O) groups excluding carboxylic acids is 6. The summed E-state index contributed by atoms with van der Waals surface area (Å²) in [5.41, 5.74) is -2.55. The molecule has 0 aromatic carbocycles. The van der Waals surface area contributed by atoms with Gasteiger partial charge in [0.05, 0.1) is 6.42 Å². The highest BCUT2D eigenvalue weighted by atomic mass is 16.8. The maximum absolute atomic E-state index is 11.7. The smallest absolute Gasteiger partial charge is 0.481 e. The molecule has 0 saturated carbocycles. The van der Waals surface area contributed by atoms with Crippen molar-refractivity contribution in [2.75, 3.05) is 13.2 Å². The Morgan fingerprint density at radius 2 is 1.06 bits per heavy atom. The van der Waals surface area contributed by atoms with E-state index in [-0.39, 0.29) is 35.8 Å². The van der Waals surface area contributed by atoms with E-state index >= 15 is 0 Å². The molecule has 16 nitrogen and oxygen atoms in total. The summed E-state index contributed by atoms with van der Waals surface area (Å²) < 4.78 is 9.05. The molecular formula is C16H16N2O14. The first-order chi connectivity index (χ1) is 14.9. The summed E-state index contributed by atoms with van der Waals surface area (Å²) in [4.78, 5) is 101. The molecular weight excluding hydrogens is 444 g/mol. The molecule has 0 atom stereocenters. The van der Waals surface area contributed by atoms with E-state index in [0.717, 1.165) is 0 Å². The quantitative estimate of drug-likeness (QED) is 0.310. The Morgan fingerprint density at radius 3 is 1.34 bits per heavy atom. The minimum Gasteiger partial charge on any atom is -0.481 e. The largest absolute Gasteiger partial charge is 0.533 e. The van der Waals surface area contributed by atoms with Crippen LogP contribution in [0, 0.1) is 5.41 Å². The van der Waals surface area contributed by atoms with Gasteiger partial charge in [0.15, 0.2) is 0 Å². The third-order valence-corrected chi connectivity index (χ3v) is 4.22. The van der Waals surface area contributed by atoms with Gasteiger partial charge >= 0.3 is 24.2 Å². The number of carboxylic acid groups (broad SMARTS) is 2. The molecule has 0 aliphatic carbocycles. The van der Waals surface area contributed by atoms with Crippen molar-refractivity contribution >= 4 is 47.9 Å². The Labute approximate surface area is 177 Å². The molecule has 174 valence electrons. The molecule has 0 spiro atoms. The molecule has 2 aliphatic heterocycles. The number of hydrogen-bond donors (Lipinski definition) is 2. The summed E-state index contributed by atoms with van der Waals surface area (Å²) >= 11 is 0. The fourth-order valence-corrected chi connectivity index (χ4v) is 2.54. The van der Waals surface area contributed by atoms with Gasteiger partial charge in [-0.2, -0.15) is 0 Å². The molecule has 2 rings (SSSR count). The van der Waals surface area contributed by atoms with Gasteiger partial charge in [0.2, 0.25) is 0 Å². The molecule has 0 aromatic heterocycles. The van der Waals surface area contributed by atoms with E-state index in [1.54, 1.807) is 0 Å². The lowest BCUT2D eigenvalue weighted by molar-refractivity contribution is -0.183. The SMILES string of the molecule is O=C(O)CC(COC(=O)ON1C(=O)CCC1=O)(COC(=O)ON1C(=O)CCC1=O)C(=O)O. The summed E-state index contributed by atoms with van der Waals surface area (Å²) in [6.45, 7) is -2.45. The van der Waals surface area contributed by atoms with Gasteiger partial charge in [-0.15, -0.1) is 0 Å². The molecule has 0 unspecified atom stereocenters. The molecule has 0 radical (unpaired) electrons. The summed E-state index contributed by atoms with van der Waals surface area (Å²) in [6, 6.07) is 0. The molecule has 0 aromatic rings. The number of ether oxygens (including phenoxy) is 2. The number of amides is 4. The van der Waals surface area contributed by atoms with Crippen LogP contribution >= 0.6 is 0 Å². The standard InChI is InChI=1S/C16H16N2O14/c19-8-1-2-9(20)17(8)31-14(27)29-6-16(13(25)26,5-12(23)24)7-30-15(28)32-18-10(21)3-4-11(18)22/h1-7H2,(H,23,24)(H,25,26). The highest BCUT2D eigenvalue weighted by Gasteiger charge is 2.45. The molecule has 2 N–H and O–H groups in total. The average Bonchev–Trinajstić information content (AvgIpc) is 3.19. The van der Waals surface area contributed by atoms with Crippen molar-refractivity contribution in [2.24, 2.45) is 5.41 Å². The lowest BCUT2D eigenvalue weighted by atomic mass is 9.86. The first-order valence-corrected chi connectivity index (χ1v) is 8.81. The zero-order valence-electron chi connectivity index (χ0n) is 16.1. The monoisotopic (exact) mass is 460 g/mol. The third kappa shape index (κ3) is 5.67. The second-order valence-corrected chi connectivity index (χ2v) is 6.58. The van der Waals surface area contributed by atoms with Crippen molar-refractivity contribution in [2.45, 2.75) is 32.1 Å². The van der Waals surface area contributed by atoms with Crippen LogP contribution in [0.15, 0.2) is 0 Å². The molecule has 2 fully saturated rings. The van der Waals surface area contributed by atoms with Crippen molar-refractivity contribution in [1.29, 1.82) is 0 Å². The maximum Gasteiger partial charge on any atom is 0.533 e. The first-order valence-electron chi connectivity index (χ1n) is 8.81. The number of hydrogen-bond acceptors (Lipinski definition) is 12. The first kappa shape index (κ1) is 24.0. The van der Waals surface area contributed by atoms with E-state index < -0.39 is 72.9 Å². The Morgan fingerprint density at radius 1 is 0.719 bits per heavy atom. The van der Waals surface area contributed by atoms with Crippen LogP contribution in [0.5, 0.6) is 0 Å². The van der Waals surface area contributed by atoms with E-state index in [2.05, 4.69) is 19.1 Å². The van der Waals surface area contributed by atoms with Crippen molar-refractivity contribution in [3.8, 4) is 0 Å². The highest BCUT2D eigenvalue weighted by Crippen LogP contribution is 2.26. The van der Waals surface area contributed by atoms with Crippen molar-refractivity contribution in [1.82, 2.24) is 10.1 Å². The second kappa shape index (κ2) is 9.71. The molecule has 2 aliphatic rings. The number of rotatable bonds is 9. The zero-order valence-corrected chi connectivity index (χ0v) is 16.1. The van der Waals surface area contributed by atoms with Gasteiger partial charge in [0.25, 0.3) is 23.6 Å². The van der Waals surface area contributed by atoms with Crippen molar-refractivity contribution < 1.29 is 67.7 Å². The van der Waals surface area contributed by atoms with E-state index in [0.29, 0.717) is 0 Å². The Balaban J connectivity index is 2.02. The molecule has 2 saturated heterocycles. The van der Waals surface area contributed by atoms with Gasteiger partial charge < -0.3 is 19.7 Å². The average molecular weight is 460 g/mol. The highest BCUT2D eigenvalue weighted by molar-refractivity contribution is 6.02. The topological polar surface area (TPSA) is 220 Å². The summed E-state index contributed by atoms with van der Waals surface area (Å²) in [7, 11) is 0. The number of nitrogens with zero attached hydrogens (tertiary/aromatic N) is 2. The summed E-state index contributed by atoms with van der Waals surface area (Å²) in [6.07, 6.45) is -5.48. The minimum atomic E-state index is -2.55. The number of carbonyl (C=O) groups is 8. The van der Waals surface area contributed by atoms with Crippen molar-refractivity contribution in [3.63, 3.8) is 0 Å². The van der Waals surface area contributed by atoms with Gasteiger partial charge in [-0.3, -0.25) is 38.4 Å². The molecule has 0 bridgehead atoms. The van der Waals surface area contributed by atoms with Crippen LogP contribution in [-0.2, 0) is 47.9 Å². The van der Waals surface area contributed by atoms with Gasteiger partial charge in [-0.25, -0.2) is 9.59 Å². The van der Waals surface area contributed by atoms with Crippen LogP contribution < -0.4 is 0 Å². The predicted molar refractivity (Wildman–Crippen MR) is 89.4 cm³/mol. The van der Waals surface area contributed by atoms with Crippen LogP contribution in [0.4, 0.5) is 9.59 Å². The fourth-order valence-electron chi connectivity index (χ4n) is 2.54. The predicted octanol–water partition coefficient (Wildman–Crippen LogP) is -1.03. The zero-order chi connectivity index (χ0) is 24.1. The lowest BCUT2D eigenvalue weighted by Gasteiger charge is -2.26. The molecule has 32 heavy (non-hydrogen) atoms. The maximum atomic E-state index is 11.7. The lowest BCUT2D eigenvalue weighted by Crippen LogP contribution is -2.44. The number of carboxylic acids is 2. The van der Waals surface area contributed by atoms with Crippen LogP contribution in [0.25, 0.3) is 0 Å². The Bertz CT molecular complexity index is 794. The summed E-state index contributed by atoms with van der Waals surface area (Å²) in [5.74, 6) is -6.95. The van der Waals surface area contributed by atoms with Gasteiger partial charge in [-0.1, -0.05) is 10.1 Å². The number of hydroxylamine groups is 4. The Hall–Kier alpha value is -4.24. The summed E-state index contributed by atoms with van der Waals surface area (Å²) in [5, 5.41) is 18.7. The third-order valence-electron chi connectivity index (χ3n) is 4.22. The molecule has 4 amide bonds. The van der Waals surface area contributed by atoms with Crippen LogP contribution in [-0.4, -0.2) is 81.4 Å². The molecule has 2 heterocycles. The van der Waals surface area contributed by atoms with Gasteiger partial charge in [0.1, 0.15) is 18.6 Å². The van der Waals surface area contributed by atoms with E-state index in [1.165, 1.54) is 0 Å². The van der Waals surface area contributed by atoms with Gasteiger partial charge in [0, 0.05) is 25.7 Å². The normalized spacial score (nSPS) is 16.2. The Kier molecular flexibility index (Phi) is 7.29. The van der Waals surface area contributed by atoms with E-state index in [4.69, 9.17) is 5.11 Å². The fraction of sp³-hybridized carbons (Fsp3) is 0.500. The minimum absolute atomic E-state index is 0.111. The van der Waals surface area contributed by atoms with E-state index in [9.17, 15) is 43.5 Å².